The molecule has 6 rings (SSSR count). The van der Waals surface area contributed by atoms with Gasteiger partial charge in [-0.15, -0.1) is 0 Å². The molecule has 2 aromatic heterocycles. The van der Waals surface area contributed by atoms with Gasteiger partial charge in [0.1, 0.15) is 6.33 Å². The SMILES string of the molecule is c1ccc(-n2c3ccccc3c3cccc(-c4ccccc4-c4ccncn4)c32)cc1. The summed E-state index contributed by atoms with van der Waals surface area (Å²) in [5, 5.41) is 2.50. The highest BCUT2D eigenvalue weighted by atomic mass is 15.0. The Bertz CT molecular complexity index is 1520. The normalized spacial score (nSPS) is 11.2. The topological polar surface area (TPSA) is 30.7 Å². The lowest BCUT2D eigenvalue weighted by atomic mass is 9.95. The summed E-state index contributed by atoms with van der Waals surface area (Å²) in [6.45, 7) is 0. The average molecular weight is 397 g/mol. The number of benzene rings is 4. The van der Waals surface area contributed by atoms with Crippen molar-refractivity contribution < 1.29 is 0 Å². The molecule has 2 heterocycles. The molecule has 0 amide bonds. The Hall–Kier alpha value is -4.24. The average Bonchev–Trinajstić information content (AvgIpc) is 3.20. The predicted molar refractivity (Wildman–Crippen MR) is 127 cm³/mol. The Morgan fingerprint density at radius 3 is 2.10 bits per heavy atom. The van der Waals surface area contributed by atoms with Gasteiger partial charge in [0.15, 0.2) is 0 Å². The van der Waals surface area contributed by atoms with Crippen molar-refractivity contribution in [3.63, 3.8) is 0 Å². The van der Waals surface area contributed by atoms with Crippen molar-refractivity contribution in [1.82, 2.24) is 14.5 Å². The molecule has 3 nitrogen and oxygen atoms in total. The van der Waals surface area contributed by atoms with Crippen LogP contribution in [0.3, 0.4) is 0 Å². The van der Waals surface area contributed by atoms with Gasteiger partial charge in [0, 0.05) is 33.8 Å². The van der Waals surface area contributed by atoms with Gasteiger partial charge in [0.2, 0.25) is 0 Å². The van der Waals surface area contributed by atoms with Gasteiger partial charge in [-0.25, -0.2) is 9.97 Å². The third kappa shape index (κ3) is 2.82. The van der Waals surface area contributed by atoms with Gasteiger partial charge in [-0.1, -0.05) is 78.9 Å². The molecular formula is C28H19N3. The van der Waals surface area contributed by atoms with Crippen molar-refractivity contribution in [3.05, 3.63) is 116 Å². The lowest BCUT2D eigenvalue weighted by Crippen LogP contribution is -1.96. The number of rotatable bonds is 3. The van der Waals surface area contributed by atoms with Gasteiger partial charge < -0.3 is 4.57 Å². The van der Waals surface area contributed by atoms with E-state index in [1.165, 1.54) is 27.4 Å². The minimum Gasteiger partial charge on any atom is -0.309 e. The number of aromatic nitrogens is 3. The van der Waals surface area contributed by atoms with Crippen LogP contribution in [0.5, 0.6) is 0 Å². The van der Waals surface area contributed by atoms with Crippen molar-refractivity contribution in [2.24, 2.45) is 0 Å². The minimum atomic E-state index is 0.921. The Balaban J connectivity index is 1.75. The largest absolute Gasteiger partial charge is 0.309 e. The van der Waals surface area contributed by atoms with E-state index in [1.807, 2.05) is 6.07 Å². The second-order valence-corrected chi connectivity index (χ2v) is 7.53. The summed E-state index contributed by atoms with van der Waals surface area (Å²) in [5.74, 6) is 0. The molecule has 4 aromatic carbocycles. The van der Waals surface area contributed by atoms with Crippen LogP contribution in [0.1, 0.15) is 0 Å². The van der Waals surface area contributed by atoms with Crippen molar-refractivity contribution in [3.8, 4) is 28.1 Å². The first-order valence-electron chi connectivity index (χ1n) is 10.4. The van der Waals surface area contributed by atoms with E-state index in [0.717, 1.165) is 22.5 Å². The quantitative estimate of drug-likeness (QED) is 0.325. The minimum absolute atomic E-state index is 0.921. The van der Waals surface area contributed by atoms with Crippen LogP contribution in [0, 0.1) is 0 Å². The van der Waals surface area contributed by atoms with Gasteiger partial charge >= 0.3 is 0 Å². The van der Waals surface area contributed by atoms with E-state index in [2.05, 4.69) is 112 Å². The molecule has 0 aliphatic rings. The summed E-state index contributed by atoms with van der Waals surface area (Å²) in [5.41, 5.74) is 7.93. The molecule has 0 atom stereocenters. The summed E-state index contributed by atoms with van der Waals surface area (Å²) in [7, 11) is 0. The summed E-state index contributed by atoms with van der Waals surface area (Å²) in [4.78, 5) is 8.61. The van der Waals surface area contributed by atoms with Gasteiger partial charge in [-0.3, -0.25) is 0 Å². The monoisotopic (exact) mass is 397 g/mol. The van der Waals surface area contributed by atoms with E-state index in [9.17, 15) is 0 Å². The van der Waals surface area contributed by atoms with Gasteiger partial charge in [0.25, 0.3) is 0 Å². The first-order chi connectivity index (χ1) is 15.4. The highest BCUT2D eigenvalue weighted by molar-refractivity contribution is 6.14. The van der Waals surface area contributed by atoms with E-state index in [4.69, 9.17) is 0 Å². The molecular weight excluding hydrogens is 378 g/mol. The molecule has 0 aliphatic heterocycles. The molecule has 31 heavy (non-hydrogen) atoms. The molecule has 0 fully saturated rings. The summed E-state index contributed by atoms with van der Waals surface area (Å²) in [6.07, 6.45) is 3.40. The predicted octanol–water partition coefficient (Wildman–Crippen LogP) is 6.91. The molecule has 0 radical (unpaired) electrons. The molecule has 146 valence electrons. The Morgan fingerprint density at radius 1 is 0.548 bits per heavy atom. The number of hydrogen-bond acceptors (Lipinski definition) is 2. The van der Waals surface area contributed by atoms with Crippen LogP contribution in [0.15, 0.2) is 116 Å². The Morgan fingerprint density at radius 2 is 1.26 bits per heavy atom. The van der Waals surface area contributed by atoms with Gasteiger partial charge in [-0.2, -0.15) is 0 Å². The summed E-state index contributed by atoms with van der Waals surface area (Å²) in [6, 6.07) is 36.2. The Kier molecular flexibility index (Phi) is 4.10. The highest BCUT2D eigenvalue weighted by Crippen LogP contribution is 2.40. The van der Waals surface area contributed by atoms with Crippen LogP contribution in [-0.4, -0.2) is 14.5 Å². The molecule has 0 spiro atoms. The number of hydrogen-bond donors (Lipinski definition) is 0. The highest BCUT2D eigenvalue weighted by Gasteiger charge is 2.18. The van der Waals surface area contributed by atoms with Crippen LogP contribution in [-0.2, 0) is 0 Å². The summed E-state index contributed by atoms with van der Waals surface area (Å²) < 4.78 is 2.37. The van der Waals surface area contributed by atoms with Crippen LogP contribution >= 0.6 is 0 Å². The van der Waals surface area contributed by atoms with Crippen molar-refractivity contribution in [2.45, 2.75) is 0 Å². The fraction of sp³-hybridized carbons (Fsp3) is 0. The standard InChI is InChI=1S/C28H19N3/c1-2-9-20(10-3-1)31-27-16-7-6-13-23(27)25-15-8-14-24(28(25)31)21-11-4-5-12-22(21)26-17-18-29-19-30-26/h1-19H. The van der Waals surface area contributed by atoms with Crippen LogP contribution in [0.4, 0.5) is 0 Å². The summed E-state index contributed by atoms with van der Waals surface area (Å²) >= 11 is 0. The molecule has 0 saturated carbocycles. The fourth-order valence-electron chi connectivity index (χ4n) is 4.47. The van der Waals surface area contributed by atoms with E-state index in [0.29, 0.717) is 0 Å². The van der Waals surface area contributed by atoms with E-state index >= 15 is 0 Å². The number of fused-ring (bicyclic) bond motifs is 3. The van der Waals surface area contributed by atoms with Gasteiger partial charge in [-0.05, 0) is 29.8 Å². The molecule has 0 bridgehead atoms. The van der Waals surface area contributed by atoms with E-state index in [-0.39, 0.29) is 0 Å². The first-order valence-corrected chi connectivity index (χ1v) is 10.4. The third-order valence-corrected chi connectivity index (χ3v) is 5.78. The number of nitrogens with zero attached hydrogens (tertiary/aromatic N) is 3. The third-order valence-electron chi connectivity index (χ3n) is 5.78. The molecule has 0 N–H and O–H groups in total. The maximum Gasteiger partial charge on any atom is 0.116 e. The molecule has 0 aliphatic carbocycles. The maximum atomic E-state index is 4.52. The smallest absolute Gasteiger partial charge is 0.116 e. The van der Waals surface area contributed by atoms with Crippen LogP contribution in [0.25, 0.3) is 49.9 Å². The van der Waals surface area contributed by atoms with E-state index < -0.39 is 0 Å². The zero-order chi connectivity index (χ0) is 20.6. The fourth-order valence-corrected chi connectivity index (χ4v) is 4.47. The van der Waals surface area contributed by atoms with Gasteiger partial charge in [0.05, 0.1) is 16.7 Å². The van der Waals surface area contributed by atoms with Crippen molar-refractivity contribution in [2.75, 3.05) is 0 Å². The lowest BCUT2D eigenvalue weighted by molar-refractivity contribution is 1.17. The zero-order valence-electron chi connectivity index (χ0n) is 16.8. The lowest BCUT2D eigenvalue weighted by Gasteiger charge is -2.14. The molecule has 0 saturated heterocycles. The van der Waals surface area contributed by atoms with Crippen molar-refractivity contribution in [1.29, 1.82) is 0 Å². The molecule has 3 heteroatoms. The Labute approximate surface area is 180 Å². The maximum absolute atomic E-state index is 4.52. The second kappa shape index (κ2) is 7.22. The van der Waals surface area contributed by atoms with Crippen molar-refractivity contribution >= 4 is 21.8 Å². The van der Waals surface area contributed by atoms with Crippen LogP contribution < -0.4 is 0 Å². The molecule has 0 unspecified atom stereocenters. The zero-order valence-corrected chi connectivity index (χ0v) is 16.8. The van der Waals surface area contributed by atoms with Crippen LogP contribution in [0.2, 0.25) is 0 Å². The second-order valence-electron chi connectivity index (χ2n) is 7.53. The molecule has 6 aromatic rings. The number of para-hydroxylation sites is 3. The van der Waals surface area contributed by atoms with E-state index in [1.54, 1.807) is 12.5 Å². The first kappa shape index (κ1) is 17.6.